The molecular formula is C21H14FNO3. The largest absolute Gasteiger partial charge is 0.423 e. The van der Waals surface area contributed by atoms with E-state index in [1.807, 2.05) is 6.07 Å². The van der Waals surface area contributed by atoms with Crippen molar-refractivity contribution >= 4 is 17.8 Å². The van der Waals surface area contributed by atoms with Crippen LogP contribution in [0.2, 0.25) is 0 Å². The number of pyridine rings is 1. The number of aromatic nitrogens is 1. The molecule has 0 bridgehead atoms. The number of nitrogens with zero attached hydrogens (tertiary/aromatic N) is 1. The quantitative estimate of drug-likeness (QED) is 0.302. The number of halogens is 1. The van der Waals surface area contributed by atoms with E-state index in [1.54, 1.807) is 36.5 Å². The van der Waals surface area contributed by atoms with Crippen LogP contribution < -0.4 is 4.74 Å². The van der Waals surface area contributed by atoms with Crippen LogP contribution in [0, 0.1) is 5.82 Å². The van der Waals surface area contributed by atoms with Crippen LogP contribution in [0.3, 0.4) is 0 Å². The Labute approximate surface area is 149 Å². The molecule has 5 heteroatoms. The first kappa shape index (κ1) is 17.2. The summed E-state index contributed by atoms with van der Waals surface area (Å²) in [4.78, 5) is 28.2. The molecule has 0 amide bonds. The summed E-state index contributed by atoms with van der Waals surface area (Å²) in [5.41, 5.74) is 1.44. The van der Waals surface area contributed by atoms with E-state index in [9.17, 15) is 14.0 Å². The molecule has 0 aliphatic heterocycles. The monoisotopic (exact) mass is 347 g/mol. The lowest BCUT2D eigenvalue weighted by Crippen LogP contribution is -2.05. The van der Waals surface area contributed by atoms with E-state index < -0.39 is 11.8 Å². The number of ketones is 1. The molecule has 0 unspecified atom stereocenters. The summed E-state index contributed by atoms with van der Waals surface area (Å²) in [6, 6.07) is 16.8. The molecule has 0 atom stereocenters. The van der Waals surface area contributed by atoms with Crippen LogP contribution in [0.15, 0.2) is 79.0 Å². The Morgan fingerprint density at radius 3 is 2.15 bits per heavy atom. The van der Waals surface area contributed by atoms with Crippen LogP contribution in [0.25, 0.3) is 6.08 Å². The molecule has 0 saturated heterocycles. The fourth-order valence-corrected chi connectivity index (χ4v) is 2.22. The molecule has 1 heterocycles. The van der Waals surface area contributed by atoms with Crippen LogP contribution in [-0.2, 0) is 4.79 Å². The average Bonchev–Trinajstić information content (AvgIpc) is 2.68. The fourth-order valence-electron chi connectivity index (χ4n) is 2.22. The third-order valence-electron chi connectivity index (χ3n) is 3.52. The summed E-state index contributed by atoms with van der Waals surface area (Å²) in [5.74, 6) is -0.870. The standard InChI is InChI=1S/C21H14FNO3/c22-17-8-4-15(5-9-17)21(25)16-6-11-19(12-7-16)26-20(24)13-10-18-3-1-2-14-23-18/h1-14H. The van der Waals surface area contributed by atoms with Gasteiger partial charge >= 0.3 is 5.97 Å². The molecule has 0 aliphatic rings. The highest BCUT2D eigenvalue weighted by atomic mass is 19.1. The molecule has 3 aromatic rings. The summed E-state index contributed by atoms with van der Waals surface area (Å²) >= 11 is 0. The number of hydrogen-bond acceptors (Lipinski definition) is 4. The minimum absolute atomic E-state index is 0.238. The normalized spacial score (nSPS) is 10.7. The molecular weight excluding hydrogens is 333 g/mol. The number of esters is 1. The van der Waals surface area contributed by atoms with Gasteiger partial charge in [-0.2, -0.15) is 0 Å². The van der Waals surface area contributed by atoms with Gasteiger partial charge in [0.25, 0.3) is 0 Å². The van der Waals surface area contributed by atoms with Crippen LogP contribution in [0.5, 0.6) is 5.75 Å². The third-order valence-corrected chi connectivity index (χ3v) is 3.52. The predicted octanol–water partition coefficient (Wildman–Crippen LogP) is 4.07. The van der Waals surface area contributed by atoms with Gasteiger partial charge in [0, 0.05) is 23.4 Å². The van der Waals surface area contributed by atoms with Crippen LogP contribution in [-0.4, -0.2) is 16.7 Å². The van der Waals surface area contributed by atoms with E-state index in [4.69, 9.17) is 4.74 Å². The van der Waals surface area contributed by atoms with E-state index in [1.165, 1.54) is 42.5 Å². The maximum Gasteiger partial charge on any atom is 0.336 e. The maximum absolute atomic E-state index is 12.9. The Hall–Kier alpha value is -3.60. The van der Waals surface area contributed by atoms with Crippen molar-refractivity contribution in [3.63, 3.8) is 0 Å². The molecule has 0 radical (unpaired) electrons. The van der Waals surface area contributed by atoms with E-state index >= 15 is 0 Å². The van der Waals surface area contributed by atoms with Gasteiger partial charge in [0.2, 0.25) is 0 Å². The molecule has 128 valence electrons. The Balaban J connectivity index is 1.64. The third kappa shape index (κ3) is 4.48. The highest BCUT2D eigenvalue weighted by Gasteiger charge is 2.10. The highest BCUT2D eigenvalue weighted by Crippen LogP contribution is 2.16. The summed E-state index contributed by atoms with van der Waals surface area (Å²) in [6.07, 6.45) is 4.45. The summed E-state index contributed by atoms with van der Waals surface area (Å²) in [5, 5.41) is 0. The SMILES string of the molecule is O=C(C=Cc1ccccn1)Oc1ccc(C(=O)c2ccc(F)cc2)cc1. The second-order valence-electron chi connectivity index (χ2n) is 5.37. The van der Waals surface area contributed by atoms with Gasteiger partial charge in [-0.15, -0.1) is 0 Å². The van der Waals surface area contributed by atoms with Crippen molar-refractivity contribution in [3.05, 3.63) is 102 Å². The Kier molecular flexibility index (Phi) is 5.29. The molecule has 0 N–H and O–H groups in total. The lowest BCUT2D eigenvalue weighted by molar-refractivity contribution is -0.128. The number of carbonyl (C=O) groups is 2. The Bertz CT molecular complexity index is 933. The first-order chi connectivity index (χ1) is 12.6. The minimum atomic E-state index is -0.548. The zero-order valence-corrected chi connectivity index (χ0v) is 13.6. The highest BCUT2D eigenvalue weighted by molar-refractivity contribution is 6.09. The van der Waals surface area contributed by atoms with Gasteiger partial charge in [-0.3, -0.25) is 9.78 Å². The second kappa shape index (κ2) is 7.98. The zero-order valence-electron chi connectivity index (χ0n) is 13.6. The van der Waals surface area contributed by atoms with Gasteiger partial charge in [-0.1, -0.05) is 6.07 Å². The lowest BCUT2D eigenvalue weighted by atomic mass is 10.0. The molecule has 0 spiro atoms. The Morgan fingerprint density at radius 1 is 0.885 bits per heavy atom. The van der Waals surface area contributed by atoms with Crippen LogP contribution >= 0.6 is 0 Å². The van der Waals surface area contributed by atoms with Crippen LogP contribution in [0.4, 0.5) is 4.39 Å². The van der Waals surface area contributed by atoms with E-state index in [-0.39, 0.29) is 5.78 Å². The molecule has 1 aromatic heterocycles. The van der Waals surface area contributed by atoms with Crippen molar-refractivity contribution in [2.45, 2.75) is 0 Å². The number of ether oxygens (including phenoxy) is 1. The van der Waals surface area contributed by atoms with Gasteiger partial charge in [-0.25, -0.2) is 9.18 Å². The van der Waals surface area contributed by atoms with E-state index in [0.717, 1.165) is 0 Å². The number of hydrogen-bond donors (Lipinski definition) is 0. The Morgan fingerprint density at radius 2 is 1.54 bits per heavy atom. The first-order valence-corrected chi connectivity index (χ1v) is 7.83. The summed E-state index contributed by atoms with van der Waals surface area (Å²) in [6.45, 7) is 0. The molecule has 2 aromatic carbocycles. The smallest absolute Gasteiger partial charge is 0.336 e. The topological polar surface area (TPSA) is 56.3 Å². The van der Waals surface area contributed by atoms with Gasteiger partial charge in [0.1, 0.15) is 11.6 Å². The van der Waals surface area contributed by atoms with Gasteiger partial charge in [-0.05, 0) is 66.7 Å². The minimum Gasteiger partial charge on any atom is -0.423 e. The fraction of sp³-hybridized carbons (Fsp3) is 0. The number of carbonyl (C=O) groups excluding carboxylic acids is 2. The van der Waals surface area contributed by atoms with E-state index in [0.29, 0.717) is 22.6 Å². The number of benzene rings is 2. The van der Waals surface area contributed by atoms with Crippen molar-refractivity contribution in [2.24, 2.45) is 0 Å². The van der Waals surface area contributed by atoms with Crippen molar-refractivity contribution in [3.8, 4) is 5.75 Å². The van der Waals surface area contributed by atoms with Crippen molar-refractivity contribution < 1.29 is 18.7 Å². The summed E-state index contributed by atoms with van der Waals surface area (Å²) in [7, 11) is 0. The molecule has 0 saturated carbocycles. The lowest BCUT2D eigenvalue weighted by Gasteiger charge is -2.04. The van der Waals surface area contributed by atoms with Crippen molar-refractivity contribution in [2.75, 3.05) is 0 Å². The predicted molar refractivity (Wildman–Crippen MR) is 95.2 cm³/mol. The van der Waals surface area contributed by atoms with E-state index in [2.05, 4.69) is 4.98 Å². The second-order valence-corrected chi connectivity index (χ2v) is 5.37. The molecule has 4 nitrogen and oxygen atoms in total. The van der Waals surface area contributed by atoms with Crippen LogP contribution in [0.1, 0.15) is 21.6 Å². The molecule has 3 rings (SSSR count). The maximum atomic E-state index is 12.9. The number of rotatable bonds is 5. The van der Waals surface area contributed by atoms with Crippen molar-refractivity contribution in [1.29, 1.82) is 0 Å². The molecule has 0 aliphatic carbocycles. The van der Waals surface area contributed by atoms with Gasteiger partial charge in [0.15, 0.2) is 5.78 Å². The molecule has 0 fully saturated rings. The molecule has 26 heavy (non-hydrogen) atoms. The zero-order chi connectivity index (χ0) is 18.4. The summed E-state index contributed by atoms with van der Waals surface area (Å²) < 4.78 is 18.1. The first-order valence-electron chi connectivity index (χ1n) is 7.83. The average molecular weight is 347 g/mol. The van der Waals surface area contributed by atoms with Gasteiger partial charge in [0.05, 0.1) is 5.69 Å². The van der Waals surface area contributed by atoms with Crippen molar-refractivity contribution in [1.82, 2.24) is 4.98 Å². The van der Waals surface area contributed by atoms with Gasteiger partial charge < -0.3 is 4.74 Å².